The molecule has 0 aromatic heterocycles. The Balaban J connectivity index is 1.71. The molecule has 0 atom stereocenters. The van der Waals surface area contributed by atoms with Crippen molar-refractivity contribution in [3.8, 4) is 23.0 Å². The highest BCUT2D eigenvalue weighted by Crippen LogP contribution is 2.36. The standard InChI is InChI=1S/C19H23NO6/c1-3-7-18-16(5-1)23-13-11-21-9-10-22-12-14-25-20-15-24-17-6-2-4-8-19(17)26-18/h1-8,20H,9-15H2. The number of hydrogen-bond donors (Lipinski definition) is 1. The molecule has 0 radical (unpaired) electrons. The zero-order valence-electron chi connectivity index (χ0n) is 14.5. The quantitative estimate of drug-likeness (QED) is 0.774. The first-order valence-corrected chi connectivity index (χ1v) is 8.55. The summed E-state index contributed by atoms with van der Waals surface area (Å²) in [5.41, 5.74) is 2.74. The highest BCUT2D eigenvalue weighted by atomic mass is 16.7. The average Bonchev–Trinajstić information content (AvgIpc) is 2.67. The van der Waals surface area contributed by atoms with Crippen molar-refractivity contribution in [3.05, 3.63) is 48.5 Å². The number of rotatable bonds is 0. The van der Waals surface area contributed by atoms with Gasteiger partial charge < -0.3 is 23.7 Å². The Morgan fingerprint density at radius 1 is 0.577 bits per heavy atom. The highest BCUT2D eigenvalue weighted by molar-refractivity contribution is 5.47. The van der Waals surface area contributed by atoms with Crippen molar-refractivity contribution in [3.63, 3.8) is 0 Å². The molecule has 7 nitrogen and oxygen atoms in total. The van der Waals surface area contributed by atoms with Gasteiger partial charge >= 0.3 is 0 Å². The first kappa shape index (κ1) is 18.5. The molecule has 2 aromatic carbocycles. The third-order valence-electron chi connectivity index (χ3n) is 3.49. The van der Waals surface area contributed by atoms with Crippen LogP contribution < -0.4 is 19.7 Å². The molecule has 1 aliphatic heterocycles. The minimum absolute atomic E-state index is 0.182. The Morgan fingerprint density at radius 3 is 1.81 bits per heavy atom. The number of hydrogen-bond acceptors (Lipinski definition) is 7. The van der Waals surface area contributed by atoms with E-state index in [-0.39, 0.29) is 6.73 Å². The maximum absolute atomic E-state index is 6.01. The van der Waals surface area contributed by atoms with Crippen LogP contribution in [0, 0.1) is 0 Å². The molecule has 0 aliphatic carbocycles. The molecule has 0 saturated carbocycles. The molecular formula is C19H23NO6. The first-order valence-electron chi connectivity index (χ1n) is 8.55. The predicted octanol–water partition coefficient (Wildman–Crippen LogP) is 2.76. The molecule has 0 fully saturated rings. The number of para-hydroxylation sites is 4. The van der Waals surface area contributed by atoms with Crippen LogP contribution in [0.5, 0.6) is 23.0 Å². The van der Waals surface area contributed by atoms with Gasteiger partial charge in [-0.3, -0.25) is 4.84 Å². The van der Waals surface area contributed by atoms with Crippen LogP contribution in [0.3, 0.4) is 0 Å². The summed E-state index contributed by atoms with van der Waals surface area (Å²) in [6, 6.07) is 14.9. The zero-order valence-corrected chi connectivity index (χ0v) is 14.5. The van der Waals surface area contributed by atoms with E-state index in [4.69, 9.17) is 28.5 Å². The summed E-state index contributed by atoms with van der Waals surface area (Å²) in [5.74, 6) is 2.44. The minimum atomic E-state index is 0.182. The van der Waals surface area contributed by atoms with Gasteiger partial charge in [0.15, 0.2) is 29.7 Å². The predicted molar refractivity (Wildman–Crippen MR) is 94.7 cm³/mol. The van der Waals surface area contributed by atoms with Crippen molar-refractivity contribution >= 4 is 0 Å². The van der Waals surface area contributed by atoms with E-state index in [1.54, 1.807) is 0 Å². The van der Waals surface area contributed by atoms with Crippen LogP contribution in [0.15, 0.2) is 48.5 Å². The number of fused-ring (bicyclic) bond motifs is 2. The van der Waals surface area contributed by atoms with Gasteiger partial charge in [0, 0.05) is 0 Å². The SMILES string of the molecule is c1ccc2c(c1)OCCOCCOCCONCOc1ccccc1O2. The van der Waals surface area contributed by atoms with Crippen LogP contribution in [-0.2, 0) is 14.3 Å². The van der Waals surface area contributed by atoms with Crippen LogP contribution in [-0.4, -0.2) is 46.4 Å². The molecule has 1 heterocycles. The van der Waals surface area contributed by atoms with E-state index in [1.165, 1.54) is 0 Å². The van der Waals surface area contributed by atoms with Crippen LogP contribution >= 0.6 is 0 Å². The van der Waals surface area contributed by atoms with Crippen molar-refractivity contribution < 1.29 is 28.5 Å². The van der Waals surface area contributed by atoms with Gasteiger partial charge in [-0.2, -0.15) is 5.48 Å². The fourth-order valence-electron chi connectivity index (χ4n) is 2.28. The van der Waals surface area contributed by atoms with E-state index in [1.807, 2.05) is 48.5 Å². The Hall–Kier alpha value is -2.32. The summed E-state index contributed by atoms with van der Waals surface area (Å²) in [4.78, 5) is 5.25. The van der Waals surface area contributed by atoms with Gasteiger partial charge in [0.05, 0.1) is 33.0 Å². The largest absolute Gasteiger partial charge is 0.487 e. The summed E-state index contributed by atoms with van der Waals surface area (Å²) < 4.78 is 28.4. The van der Waals surface area contributed by atoms with Gasteiger partial charge in [-0.25, -0.2) is 0 Å². The molecular weight excluding hydrogens is 338 g/mol. The third-order valence-corrected chi connectivity index (χ3v) is 3.49. The lowest BCUT2D eigenvalue weighted by atomic mass is 10.3. The van der Waals surface area contributed by atoms with Crippen molar-refractivity contribution in [2.75, 3.05) is 46.4 Å². The minimum Gasteiger partial charge on any atom is -0.487 e. The molecule has 0 saturated heterocycles. The second-order valence-corrected chi connectivity index (χ2v) is 5.35. The summed E-state index contributed by atoms with van der Waals surface area (Å²) in [6.45, 7) is 2.97. The smallest absolute Gasteiger partial charge is 0.169 e. The van der Waals surface area contributed by atoms with E-state index in [0.717, 1.165) is 0 Å². The first-order chi connectivity index (χ1) is 12.9. The fourth-order valence-corrected chi connectivity index (χ4v) is 2.28. The topological polar surface area (TPSA) is 67.4 Å². The maximum atomic E-state index is 6.01. The van der Waals surface area contributed by atoms with E-state index < -0.39 is 0 Å². The molecule has 140 valence electrons. The molecule has 1 N–H and O–H groups in total. The molecule has 3 rings (SSSR count). The van der Waals surface area contributed by atoms with Crippen LogP contribution in [0.1, 0.15) is 0 Å². The van der Waals surface area contributed by atoms with Crippen LogP contribution in [0.25, 0.3) is 0 Å². The van der Waals surface area contributed by atoms with Gasteiger partial charge in [-0.15, -0.1) is 0 Å². The van der Waals surface area contributed by atoms with Crippen molar-refractivity contribution in [2.24, 2.45) is 0 Å². The molecule has 26 heavy (non-hydrogen) atoms. The monoisotopic (exact) mass is 361 g/mol. The Kier molecular flexibility index (Phi) is 7.55. The van der Waals surface area contributed by atoms with Gasteiger partial charge in [-0.05, 0) is 24.3 Å². The van der Waals surface area contributed by atoms with Crippen molar-refractivity contribution in [1.29, 1.82) is 0 Å². The number of nitrogens with one attached hydrogen (secondary N) is 1. The Bertz CT molecular complexity index is 610. The summed E-state index contributed by atoms with van der Waals surface area (Å²) in [5, 5.41) is 0. The normalized spacial score (nSPS) is 17.2. The number of benzene rings is 2. The molecule has 2 aromatic rings. The molecule has 7 heteroatoms. The summed E-state index contributed by atoms with van der Waals surface area (Å²) in [7, 11) is 0. The second kappa shape index (κ2) is 10.6. The zero-order chi connectivity index (χ0) is 17.9. The van der Waals surface area contributed by atoms with Crippen molar-refractivity contribution in [2.45, 2.75) is 0 Å². The van der Waals surface area contributed by atoms with E-state index >= 15 is 0 Å². The van der Waals surface area contributed by atoms with E-state index in [9.17, 15) is 0 Å². The second-order valence-electron chi connectivity index (χ2n) is 5.35. The van der Waals surface area contributed by atoms with Gasteiger partial charge in [0.25, 0.3) is 0 Å². The van der Waals surface area contributed by atoms with Crippen LogP contribution in [0.2, 0.25) is 0 Å². The Morgan fingerprint density at radius 2 is 1.12 bits per heavy atom. The maximum Gasteiger partial charge on any atom is 0.169 e. The molecule has 0 spiro atoms. The fraction of sp³-hybridized carbons (Fsp3) is 0.368. The lowest BCUT2D eigenvalue weighted by Crippen LogP contribution is -2.23. The number of ether oxygens (including phenoxy) is 5. The molecule has 0 amide bonds. The lowest BCUT2D eigenvalue weighted by molar-refractivity contribution is -0.0383. The molecule has 1 aliphatic rings. The van der Waals surface area contributed by atoms with Crippen LogP contribution in [0.4, 0.5) is 0 Å². The third kappa shape index (κ3) is 5.89. The summed E-state index contributed by atoms with van der Waals surface area (Å²) >= 11 is 0. The van der Waals surface area contributed by atoms with Gasteiger partial charge in [-0.1, -0.05) is 24.3 Å². The lowest BCUT2D eigenvalue weighted by Gasteiger charge is -2.16. The van der Waals surface area contributed by atoms with E-state index in [0.29, 0.717) is 62.6 Å². The summed E-state index contributed by atoms with van der Waals surface area (Å²) in [6.07, 6.45) is 0. The van der Waals surface area contributed by atoms with Gasteiger partial charge in [0.2, 0.25) is 0 Å². The highest BCUT2D eigenvalue weighted by Gasteiger charge is 2.10. The molecule has 0 bridgehead atoms. The Labute approximate surface area is 152 Å². The molecule has 0 unspecified atom stereocenters. The van der Waals surface area contributed by atoms with Gasteiger partial charge in [0.1, 0.15) is 6.61 Å². The van der Waals surface area contributed by atoms with Crippen molar-refractivity contribution in [1.82, 2.24) is 5.48 Å². The van der Waals surface area contributed by atoms with E-state index in [2.05, 4.69) is 5.48 Å². The average molecular weight is 361 g/mol. The number of hydroxylamine groups is 1.